The fourth-order valence-electron chi connectivity index (χ4n) is 8.61. The Morgan fingerprint density at radius 2 is 1.38 bits per heavy atom. The van der Waals surface area contributed by atoms with Crippen molar-refractivity contribution >= 4 is 35.0 Å². The Morgan fingerprint density at radius 3 is 2.02 bits per heavy atom. The number of phenols is 1. The van der Waals surface area contributed by atoms with Crippen LogP contribution in [0.2, 0.25) is 0 Å². The van der Waals surface area contributed by atoms with Gasteiger partial charge >= 0.3 is 0 Å². The number of imide groups is 2. The molecule has 1 N–H and O–H groups in total. The number of carbonyl (C=O) groups excluding carboxylic acids is 4. The van der Waals surface area contributed by atoms with Gasteiger partial charge in [-0.15, -0.1) is 0 Å². The molecule has 48 heavy (non-hydrogen) atoms. The van der Waals surface area contributed by atoms with Crippen LogP contribution in [-0.4, -0.2) is 28.7 Å². The minimum atomic E-state index is -1.25. The van der Waals surface area contributed by atoms with Crippen LogP contribution in [0.15, 0.2) is 121 Å². The maximum Gasteiger partial charge on any atom is 0.241 e. The fourth-order valence-corrected chi connectivity index (χ4v) is 8.61. The van der Waals surface area contributed by atoms with Crippen LogP contribution in [0.4, 0.5) is 11.4 Å². The van der Waals surface area contributed by atoms with E-state index in [0.717, 1.165) is 11.1 Å². The summed E-state index contributed by atoms with van der Waals surface area (Å²) in [6.45, 7) is 2.12. The van der Waals surface area contributed by atoms with E-state index in [0.29, 0.717) is 35.7 Å². The van der Waals surface area contributed by atoms with Crippen LogP contribution < -0.4 is 14.5 Å². The molecule has 8 nitrogen and oxygen atoms in total. The second-order valence-electron chi connectivity index (χ2n) is 13.3. The quantitative estimate of drug-likeness (QED) is 0.194. The van der Waals surface area contributed by atoms with Crippen molar-refractivity contribution in [3.8, 4) is 11.5 Å². The molecule has 4 aliphatic rings. The molecule has 6 unspecified atom stereocenters. The zero-order valence-electron chi connectivity index (χ0n) is 26.4. The molecule has 240 valence electrons. The Hall–Kier alpha value is -5.50. The van der Waals surface area contributed by atoms with E-state index in [-0.39, 0.29) is 35.8 Å². The van der Waals surface area contributed by atoms with Gasteiger partial charge in [0.1, 0.15) is 18.1 Å². The van der Waals surface area contributed by atoms with Crippen molar-refractivity contribution in [2.45, 2.75) is 32.3 Å². The third kappa shape index (κ3) is 4.43. The highest BCUT2D eigenvalue weighted by atomic mass is 16.5. The van der Waals surface area contributed by atoms with Gasteiger partial charge in [0.2, 0.25) is 23.6 Å². The van der Waals surface area contributed by atoms with E-state index in [4.69, 9.17) is 4.74 Å². The Bertz CT molecular complexity index is 1980. The van der Waals surface area contributed by atoms with Crippen molar-refractivity contribution in [3.63, 3.8) is 0 Å². The summed E-state index contributed by atoms with van der Waals surface area (Å²) in [5.74, 6) is -4.06. The summed E-state index contributed by atoms with van der Waals surface area (Å²) in [7, 11) is 0. The highest BCUT2D eigenvalue weighted by molar-refractivity contribution is 6.25. The number of hydrogen-bond donors (Lipinski definition) is 1. The molecular formula is C40H34N2O6. The maximum absolute atomic E-state index is 14.6. The first-order chi connectivity index (χ1) is 23.3. The molecule has 2 saturated heterocycles. The predicted molar refractivity (Wildman–Crippen MR) is 179 cm³/mol. The molecule has 2 aliphatic heterocycles. The molecule has 4 amide bonds. The molecule has 8 rings (SSSR count). The third-order valence-electron chi connectivity index (χ3n) is 10.9. The lowest BCUT2D eigenvalue weighted by atomic mass is 9.51. The molecule has 8 heteroatoms. The van der Waals surface area contributed by atoms with Crippen LogP contribution in [0.25, 0.3) is 0 Å². The largest absolute Gasteiger partial charge is 0.508 e. The summed E-state index contributed by atoms with van der Waals surface area (Å²) < 4.78 is 5.99. The lowest BCUT2D eigenvalue weighted by molar-refractivity contribution is -0.131. The molecule has 0 radical (unpaired) electrons. The number of rotatable bonds is 6. The van der Waals surface area contributed by atoms with Crippen LogP contribution in [0.1, 0.15) is 36.8 Å². The van der Waals surface area contributed by atoms with Crippen LogP contribution >= 0.6 is 0 Å². The molecule has 0 spiro atoms. The number of carbonyl (C=O) groups is 4. The first-order valence-corrected chi connectivity index (χ1v) is 16.3. The van der Waals surface area contributed by atoms with Gasteiger partial charge in [-0.25, -0.2) is 4.90 Å². The van der Waals surface area contributed by atoms with Crippen molar-refractivity contribution in [2.24, 2.45) is 29.1 Å². The average Bonchev–Trinajstić information content (AvgIpc) is 3.48. The van der Waals surface area contributed by atoms with Crippen LogP contribution in [0.5, 0.6) is 11.5 Å². The summed E-state index contributed by atoms with van der Waals surface area (Å²) in [5.41, 5.74) is 2.02. The lowest BCUT2D eigenvalue weighted by Gasteiger charge is -2.49. The standard InChI is InChI=1S/C40H34N2O6/c1-40-32(37(45)42(39(40)47)26-15-9-4-10-16-26)22-31-28(19-20-30-34(31)38(46)41(36(30)44)25-13-7-3-8-14-25)35(40)29-18-17-27(21-33(29)43)48-23-24-11-5-2-6-12-24/h2-19,21,30-32,34-35,43H,20,22-23H2,1H3. The first kappa shape index (κ1) is 29.9. The monoisotopic (exact) mass is 638 g/mol. The van der Waals surface area contributed by atoms with E-state index >= 15 is 0 Å². The zero-order valence-corrected chi connectivity index (χ0v) is 26.4. The smallest absolute Gasteiger partial charge is 0.241 e. The number of para-hydroxylation sites is 2. The number of allylic oxidation sites excluding steroid dienone is 2. The normalized spacial score (nSPS) is 27.8. The molecule has 2 heterocycles. The molecule has 6 atom stereocenters. The van der Waals surface area contributed by atoms with Gasteiger partial charge in [-0.1, -0.05) is 84.4 Å². The van der Waals surface area contributed by atoms with Gasteiger partial charge in [-0.3, -0.25) is 24.1 Å². The van der Waals surface area contributed by atoms with E-state index in [1.165, 1.54) is 9.80 Å². The zero-order chi connectivity index (χ0) is 33.2. The van der Waals surface area contributed by atoms with Gasteiger partial charge in [0, 0.05) is 17.5 Å². The lowest BCUT2D eigenvalue weighted by Crippen LogP contribution is -2.48. The maximum atomic E-state index is 14.6. The highest BCUT2D eigenvalue weighted by Crippen LogP contribution is 2.64. The minimum Gasteiger partial charge on any atom is -0.508 e. The Labute approximate surface area is 278 Å². The molecule has 0 aromatic heterocycles. The SMILES string of the molecule is CC12C(=O)N(c3ccccc3)C(=O)C1CC1C(=CCC3C(=O)N(c4ccccc4)C(=O)C31)C2c1ccc(OCc2ccccc2)cc1O. The van der Waals surface area contributed by atoms with Gasteiger partial charge in [-0.05, 0) is 61.6 Å². The van der Waals surface area contributed by atoms with Gasteiger partial charge < -0.3 is 9.84 Å². The van der Waals surface area contributed by atoms with Crippen molar-refractivity contribution < 1.29 is 29.0 Å². The van der Waals surface area contributed by atoms with Crippen LogP contribution in [0.3, 0.4) is 0 Å². The van der Waals surface area contributed by atoms with Crippen molar-refractivity contribution in [3.05, 3.63) is 132 Å². The fraction of sp³-hybridized carbons (Fsp3) is 0.250. The Balaban J connectivity index is 1.22. The summed E-state index contributed by atoms with van der Waals surface area (Å²) in [4.78, 5) is 59.4. The van der Waals surface area contributed by atoms with Gasteiger partial charge in [-0.2, -0.15) is 0 Å². The Kier molecular flexibility index (Phi) is 7.05. The number of nitrogens with zero attached hydrogens (tertiary/aromatic N) is 2. The van der Waals surface area contributed by atoms with Crippen molar-refractivity contribution in [1.29, 1.82) is 0 Å². The number of phenolic OH excluding ortho intramolecular Hbond substituents is 1. The summed E-state index contributed by atoms with van der Waals surface area (Å²) in [6, 6.07) is 32.6. The summed E-state index contributed by atoms with van der Waals surface area (Å²) in [6.07, 6.45) is 2.56. The van der Waals surface area contributed by atoms with E-state index in [1.54, 1.807) is 66.7 Å². The molecule has 2 aliphatic carbocycles. The van der Waals surface area contributed by atoms with E-state index < -0.39 is 35.0 Å². The Morgan fingerprint density at radius 1 is 0.750 bits per heavy atom. The number of benzene rings is 4. The summed E-state index contributed by atoms with van der Waals surface area (Å²) in [5, 5.41) is 11.6. The minimum absolute atomic E-state index is 0.0626. The first-order valence-electron chi connectivity index (χ1n) is 16.3. The number of anilines is 2. The molecular weight excluding hydrogens is 604 g/mol. The predicted octanol–water partition coefficient (Wildman–Crippen LogP) is 6.41. The molecule has 3 fully saturated rings. The second-order valence-corrected chi connectivity index (χ2v) is 13.3. The van der Waals surface area contributed by atoms with Gasteiger partial charge in [0.15, 0.2) is 0 Å². The number of amides is 4. The number of fused-ring (bicyclic) bond motifs is 4. The topological polar surface area (TPSA) is 104 Å². The molecule has 1 saturated carbocycles. The molecule has 0 bridgehead atoms. The van der Waals surface area contributed by atoms with Crippen molar-refractivity contribution in [1.82, 2.24) is 0 Å². The van der Waals surface area contributed by atoms with E-state index in [1.807, 2.05) is 55.5 Å². The summed E-state index contributed by atoms with van der Waals surface area (Å²) >= 11 is 0. The highest BCUT2D eigenvalue weighted by Gasteiger charge is 2.68. The average molecular weight is 639 g/mol. The van der Waals surface area contributed by atoms with Gasteiger partial charge in [0.05, 0.1) is 34.5 Å². The molecule has 4 aromatic rings. The second kappa shape index (κ2) is 11.3. The van der Waals surface area contributed by atoms with Crippen LogP contribution in [-0.2, 0) is 25.8 Å². The number of ether oxygens (including phenoxy) is 1. The third-order valence-corrected chi connectivity index (χ3v) is 10.9. The molecule has 4 aromatic carbocycles. The van der Waals surface area contributed by atoms with Gasteiger partial charge in [0.25, 0.3) is 0 Å². The van der Waals surface area contributed by atoms with Crippen molar-refractivity contribution in [2.75, 3.05) is 9.80 Å². The van der Waals surface area contributed by atoms with E-state index in [2.05, 4.69) is 0 Å². The number of hydrogen-bond acceptors (Lipinski definition) is 6. The van der Waals surface area contributed by atoms with E-state index in [9.17, 15) is 24.3 Å². The number of aromatic hydroxyl groups is 1. The van der Waals surface area contributed by atoms with Crippen LogP contribution in [0, 0.1) is 29.1 Å².